The van der Waals surface area contributed by atoms with Crippen molar-refractivity contribution in [2.75, 3.05) is 0 Å². The zero-order valence-corrected chi connectivity index (χ0v) is 8.74. The summed E-state index contributed by atoms with van der Waals surface area (Å²) in [6.45, 7) is 4.33. The van der Waals surface area contributed by atoms with E-state index in [1.54, 1.807) is 0 Å². The lowest BCUT2D eigenvalue weighted by Crippen LogP contribution is -1.92. The second kappa shape index (κ2) is 10.9. The Kier molecular flexibility index (Phi) is 10.0. The zero-order valence-electron chi connectivity index (χ0n) is 8.74. The molecule has 0 atom stereocenters. The summed E-state index contributed by atoms with van der Waals surface area (Å²) in [5.41, 5.74) is 0. The van der Waals surface area contributed by atoms with Gasteiger partial charge in [-0.05, 0) is 12.8 Å². The molecule has 0 radical (unpaired) electrons. The lowest BCUT2D eigenvalue weighted by Gasteiger charge is -1.84. The first-order valence-corrected chi connectivity index (χ1v) is 5.12. The lowest BCUT2D eigenvalue weighted by atomic mass is 10.3. The van der Waals surface area contributed by atoms with E-state index in [1.807, 2.05) is 0 Å². The molecule has 0 aromatic heterocycles. The highest BCUT2D eigenvalue weighted by atomic mass is 14.8. The molecule has 0 spiro atoms. The first kappa shape index (κ1) is 11.9. The molecule has 0 heterocycles. The molecule has 0 fully saturated rings. The van der Waals surface area contributed by atoms with Gasteiger partial charge in [-0.25, -0.2) is 0 Å². The average Bonchev–Trinajstić information content (AvgIpc) is 2.16. The maximum absolute atomic E-state index is 3.01. The molecule has 1 nitrogen and oxygen atoms in total. The van der Waals surface area contributed by atoms with Gasteiger partial charge in [0.25, 0.3) is 0 Å². The molecule has 1 N–H and O–H groups in total. The van der Waals surface area contributed by atoms with Crippen LogP contribution in [0.1, 0.15) is 52.4 Å². The van der Waals surface area contributed by atoms with E-state index in [0.29, 0.717) is 0 Å². The molecule has 0 amide bonds. The monoisotopic (exact) mass is 177 g/mol. The first-order chi connectivity index (χ1) is 6.41. The molecule has 0 bridgehead atoms. The molecule has 0 aromatic carbocycles. The zero-order chi connectivity index (χ0) is 9.78. The summed E-state index contributed by atoms with van der Waals surface area (Å²) in [7, 11) is 0. The van der Waals surface area contributed by atoms with Crippen molar-refractivity contribution in [3.05, 3.63) is 0 Å². The van der Waals surface area contributed by atoms with Gasteiger partial charge in [-0.3, -0.25) is 5.32 Å². The predicted octanol–water partition coefficient (Wildman–Crippen LogP) is 2.88. The van der Waals surface area contributed by atoms with Gasteiger partial charge >= 0.3 is 0 Å². The van der Waals surface area contributed by atoms with Crippen LogP contribution in [0.4, 0.5) is 0 Å². The Labute approximate surface area is 82.3 Å². The third-order valence-corrected chi connectivity index (χ3v) is 1.61. The van der Waals surface area contributed by atoms with E-state index in [-0.39, 0.29) is 0 Å². The maximum Gasteiger partial charge on any atom is 0.0171 e. The van der Waals surface area contributed by atoms with Gasteiger partial charge < -0.3 is 0 Å². The molecule has 0 aliphatic heterocycles. The summed E-state index contributed by atoms with van der Waals surface area (Å²) in [5.74, 6) is 6.03. The van der Waals surface area contributed by atoms with Gasteiger partial charge in [0, 0.05) is 24.9 Å². The highest BCUT2D eigenvalue weighted by Gasteiger charge is 1.76. The predicted molar refractivity (Wildman–Crippen MR) is 57.7 cm³/mol. The minimum atomic E-state index is 0.972. The molecule has 0 aliphatic carbocycles. The quantitative estimate of drug-likeness (QED) is 0.395. The van der Waals surface area contributed by atoms with Crippen LogP contribution in [0.25, 0.3) is 0 Å². The molecule has 0 rings (SSSR count). The Morgan fingerprint density at radius 1 is 0.846 bits per heavy atom. The average molecular weight is 177 g/mol. The van der Waals surface area contributed by atoms with Crippen LogP contribution in [-0.4, -0.2) is 0 Å². The van der Waals surface area contributed by atoms with E-state index in [4.69, 9.17) is 0 Å². The summed E-state index contributed by atoms with van der Waals surface area (Å²) in [6.07, 6.45) is 6.71. The smallest absolute Gasteiger partial charge is 0.0171 e. The minimum Gasteiger partial charge on any atom is -0.274 e. The molecule has 0 unspecified atom stereocenters. The van der Waals surface area contributed by atoms with Crippen LogP contribution in [0.5, 0.6) is 0 Å². The Morgan fingerprint density at radius 2 is 1.31 bits per heavy atom. The largest absolute Gasteiger partial charge is 0.274 e. The van der Waals surface area contributed by atoms with Crippen molar-refractivity contribution in [2.45, 2.75) is 52.4 Å². The number of nitrogens with one attached hydrogen (secondary N) is 1. The van der Waals surface area contributed by atoms with Crippen LogP contribution >= 0.6 is 0 Å². The van der Waals surface area contributed by atoms with Crippen LogP contribution in [0.3, 0.4) is 0 Å². The topological polar surface area (TPSA) is 12.0 Å². The number of unbranched alkanes of at least 4 members (excludes halogenated alkanes) is 4. The van der Waals surface area contributed by atoms with Crippen LogP contribution in [0.2, 0.25) is 0 Å². The van der Waals surface area contributed by atoms with Crippen molar-refractivity contribution in [3.63, 3.8) is 0 Å². The van der Waals surface area contributed by atoms with Crippen LogP contribution in [0, 0.1) is 23.9 Å². The third-order valence-electron chi connectivity index (χ3n) is 1.61. The van der Waals surface area contributed by atoms with Gasteiger partial charge in [0.1, 0.15) is 0 Å². The van der Waals surface area contributed by atoms with Gasteiger partial charge in [0.05, 0.1) is 0 Å². The molecule has 1 heteroatoms. The van der Waals surface area contributed by atoms with Crippen molar-refractivity contribution >= 4 is 0 Å². The van der Waals surface area contributed by atoms with Crippen molar-refractivity contribution in [2.24, 2.45) is 0 Å². The molecular formula is C12H19N. The van der Waals surface area contributed by atoms with E-state index >= 15 is 0 Å². The van der Waals surface area contributed by atoms with E-state index in [9.17, 15) is 0 Å². The number of hydrogen-bond donors (Lipinski definition) is 1. The fourth-order valence-electron chi connectivity index (χ4n) is 0.775. The molecule has 0 aliphatic rings. The third kappa shape index (κ3) is 10.9. The minimum absolute atomic E-state index is 0.972. The van der Waals surface area contributed by atoms with Crippen molar-refractivity contribution in [1.82, 2.24) is 5.32 Å². The van der Waals surface area contributed by atoms with Gasteiger partial charge in [0.15, 0.2) is 0 Å². The van der Waals surface area contributed by atoms with Crippen molar-refractivity contribution < 1.29 is 0 Å². The summed E-state index contributed by atoms with van der Waals surface area (Å²) in [5, 5.41) is 2.78. The summed E-state index contributed by atoms with van der Waals surface area (Å²) >= 11 is 0. The lowest BCUT2D eigenvalue weighted by molar-refractivity contribution is 0.826. The van der Waals surface area contributed by atoms with Crippen molar-refractivity contribution in [3.8, 4) is 23.9 Å². The molecule has 0 saturated heterocycles. The Morgan fingerprint density at radius 3 is 1.69 bits per heavy atom. The van der Waals surface area contributed by atoms with Gasteiger partial charge in [-0.15, -0.1) is 0 Å². The number of rotatable bonds is 4. The van der Waals surface area contributed by atoms with Crippen LogP contribution < -0.4 is 5.32 Å². The highest BCUT2D eigenvalue weighted by molar-refractivity contribution is 5.07. The SMILES string of the molecule is CCCCC#CNC#CCCCC. The Hall–Kier alpha value is -1.08. The molecule has 13 heavy (non-hydrogen) atoms. The second-order valence-corrected chi connectivity index (χ2v) is 2.94. The summed E-state index contributed by atoms with van der Waals surface area (Å²) in [4.78, 5) is 0. The molecular weight excluding hydrogens is 158 g/mol. The Balaban J connectivity index is 3.28. The normalized spacial score (nSPS) is 7.85. The van der Waals surface area contributed by atoms with Gasteiger partial charge in [0.2, 0.25) is 0 Å². The van der Waals surface area contributed by atoms with Gasteiger partial charge in [-0.1, -0.05) is 38.5 Å². The Bertz CT molecular complexity index is 185. The summed E-state index contributed by atoms with van der Waals surface area (Å²) < 4.78 is 0. The molecule has 0 saturated carbocycles. The van der Waals surface area contributed by atoms with Crippen LogP contribution in [-0.2, 0) is 0 Å². The standard InChI is InChI=1S/C12H19N/c1-3-5-7-9-11-13-12-10-8-6-4-2/h13H,3-8H2,1-2H3. The second-order valence-electron chi connectivity index (χ2n) is 2.94. The van der Waals surface area contributed by atoms with Crippen LogP contribution in [0.15, 0.2) is 0 Å². The fraction of sp³-hybridized carbons (Fsp3) is 0.667. The molecule has 0 aromatic rings. The maximum atomic E-state index is 3.01. The number of hydrogen-bond acceptors (Lipinski definition) is 1. The summed E-state index contributed by atoms with van der Waals surface area (Å²) in [6, 6.07) is 5.65. The first-order valence-electron chi connectivity index (χ1n) is 5.12. The van der Waals surface area contributed by atoms with E-state index in [0.717, 1.165) is 12.8 Å². The highest BCUT2D eigenvalue weighted by Crippen LogP contribution is 1.90. The van der Waals surface area contributed by atoms with E-state index in [2.05, 4.69) is 43.1 Å². The molecule has 72 valence electrons. The van der Waals surface area contributed by atoms with E-state index < -0.39 is 0 Å². The van der Waals surface area contributed by atoms with Crippen molar-refractivity contribution in [1.29, 1.82) is 0 Å². The van der Waals surface area contributed by atoms with Gasteiger partial charge in [-0.2, -0.15) is 0 Å². The fourth-order valence-corrected chi connectivity index (χ4v) is 0.775. The van der Waals surface area contributed by atoms with E-state index in [1.165, 1.54) is 25.7 Å².